The van der Waals surface area contributed by atoms with Crippen molar-refractivity contribution < 1.29 is 14.3 Å². The third kappa shape index (κ3) is 6.16. The molecular formula is C30H22ClIN4O4. The quantitative estimate of drug-likeness (QED) is 0.157. The minimum Gasteiger partial charge on any atom is -0.493 e. The van der Waals surface area contributed by atoms with Crippen LogP contribution in [0.4, 0.5) is 5.69 Å². The molecule has 0 spiro atoms. The highest BCUT2D eigenvalue weighted by atomic mass is 127. The lowest BCUT2D eigenvalue weighted by Crippen LogP contribution is -2.21. The van der Waals surface area contributed by atoms with Gasteiger partial charge in [-0.05, 0) is 76.7 Å². The highest BCUT2D eigenvalue weighted by Gasteiger charge is 2.15. The highest BCUT2D eigenvalue weighted by molar-refractivity contribution is 14.1. The van der Waals surface area contributed by atoms with Gasteiger partial charge in [-0.15, -0.1) is 0 Å². The maximum atomic E-state index is 13.4. The van der Waals surface area contributed by atoms with Crippen molar-refractivity contribution >= 4 is 62.9 Å². The number of para-hydroxylation sites is 1. The number of nitrogens with one attached hydrogen (secondary N) is 1. The van der Waals surface area contributed by atoms with E-state index in [9.17, 15) is 9.59 Å². The van der Waals surface area contributed by atoms with E-state index in [4.69, 9.17) is 26.1 Å². The second kappa shape index (κ2) is 12.3. The third-order valence-electron chi connectivity index (χ3n) is 5.84. The van der Waals surface area contributed by atoms with Crippen molar-refractivity contribution in [3.05, 3.63) is 116 Å². The number of anilines is 1. The molecule has 0 aliphatic heterocycles. The number of benzene rings is 4. The Kier molecular flexibility index (Phi) is 8.42. The summed E-state index contributed by atoms with van der Waals surface area (Å²) in [4.78, 5) is 30.5. The molecule has 10 heteroatoms. The molecule has 0 fully saturated rings. The van der Waals surface area contributed by atoms with Crippen LogP contribution in [0.25, 0.3) is 22.3 Å². The van der Waals surface area contributed by atoms with Crippen molar-refractivity contribution in [3.63, 3.8) is 0 Å². The van der Waals surface area contributed by atoms with E-state index in [0.717, 1.165) is 5.56 Å². The van der Waals surface area contributed by atoms with Gasteiger partial charge in [-0.2, -0.15) is 9.78 Å². The summed E-state index contributed by atoms with van der Waals surface area (Å²) >= 11 is 8.00. The van der Waals surface area contributed by atoms with Crippen LogP contribution < -0.4 is 20.3 Å². The standard InChI is InChI=1S/C30H22ClIN4O4/c1-39-26-16-19(15-24(32)28(26)40-18-27(37)34-22-13-11-21(31)12-14-22)17-33-36-29(20-7-3-2-4-8-20)35-25-10-6-5-9-23(25)30(36)38/h2-17H,18H2,1H3,(H,34,37). The molecule has 0 bridgehead atoms. The van der Waals surface area contributed by atoms with Gasteiger partial charge in [-0.25, -0.2) is 4.98 Å². The zero-order valence-corrected chi connectivity index (χ0v) is 24.1. The molecule has 1 aromatic heterocycles. The summed E-state index contributed by atoms with van der Waals surface area (Å²) in [5, 5.41) is 8.32. The molecule has 5 aromatic rings. The van der Waals surface area contributed by atoms with Gasteiger partial charge in [-0.1, -0.05) is 54.1 Å². The van der Waals surface area contributed by atoms with Crippen molar-refractivity contribution in [2.24, 2.45) is 5.10 Å². The van der Waals surface area contributed by atoms with E-state index in [1.54, 1.807) is 54.7 Å². The number of rotatable bonds is 8. The Hall–Kier alpha value is -4.22. The highest BCUT2D eigenvalue weighted by Crippen LogP contribution is 2.33. The van der Waals surface area contributed by atoms with Gasteiger partial charge in [0.2, 0.25) is 0 Å². The van der Waals surface area contributed by atoms with Crippen LogP contribution in [-0.4, -0.2) is 35.5 Å². The first-order valence-electron chi connectivity index (χ1n) is 12.1. The van der Waals surface area contributed by atoms with Crippen LogP contribution in [0.2, 0.25) is 5.02 Å². The molecule has 1 amide bonds. The molecular weight excluding hydrogens is 643 g/mol. The van der Waals surface area contributed by atoms with E-state index in [-0.39, 0.29) is 18.1 Å². The average molecular weight is 665 g/mol. The number of carbonyl (C=O) groups excluding carboxylic acids is 1. The molecule has 1 N–H and O–H groups in total. The second-order valence-electron chi connectivity index (χ2n) is 8.56. The van der Waals surface area contributed by atoms with Gasteiger partial charge in [0.25, 0.3) is 11.5 Å². The maximum absolute atomic E-state index is 13.4. The van der Waals surface area contributed by atoms with Crippen LogP contribution in [0.15, 0.2) is 101 Å². The minimum absolute atomic E-state index is 0.221. The van der Waals surface area contributed by atoms with Crippen LogP contribution in [0.1, 0.15) is 5.56 Å². The lowest BCUT2D eigenvalue weighted by Gasteiger charge is -2.14. The molecule has 1 heterocycles. The Labute approximate surface area is 248 Å². The molecule has 0 aliphatic carbocycles. The summed E-state index contributed by atoms with van der Waals surface area (Å²) in [5.41, 5.74) is 2.35. The fourth-order valence-electron chi connectivity index (χ4n) is 3.95. The summed E-state index contributed by atoms with van der Waals surface area (Å²) in [6.45, 7) is -0.221. The molecule has 4 aromatic carbocycles. The number of carbonyl (C=O) groups is 1. The summed E-state index contributed by atoms with van der Waals surface area (Å²) in [7, 11) is 1.51. The van der Waals surface area contributed by atoms with E-state index in [2.05, 4.69) is 33.0 Å². The number of methoxy groups -OCH3 is 1. The Morgan fingerprint density at radius 1 is 1.05 bits per heavy atom. The Bertz CT molecular complexity index is 1770. The summed E-state index contributed by atoms with van der Waals surface area (Å²) in [6.07, 6.45) is 1.56. The number of ether oxygens (including phenoxy) is 2. The molecule has 0 atom stereocenters. The first-order valence-corrected chi connectivity index (χ1v) is 13.6. The van der Waals surface area contributed by atoms with Gasteiger partial charge in [0, 0.05) is 16.3 Å². The fourth-order valence-corrected chi connectivity index (χ4v) is 4.86. The molecule has 5 rings (SSSR count). The topological polar surface area (TPSA) is 94.8 Å². The van der Waals surface area contributed by atoms with Crippen molar-refractivity contribution in [1.29, 1.82) is 0 Å². The van der Waals surface area contributed by atoms with Crippen LogP contribution in [0, 0.1) is 3.57 Å². The summed E-state index contributed by atoms with van der Waals surface area (Å²) < 4.78 is 13.3. The molecule has 0 saturated heterocycles. The zero-order chi connectivity index (χ0) is 28.1. The number of hydrogen-bond acceptors (Lipinski definition) is 6. The van der Waals surface area contributed by atoms with Crippen molar-refractivity contribution in [3.8, 4) is 22.9 Å². The van der Waals surface area contributed by atoms with Crippen molar-refractivity contribution in [1.82, 2.24) is 9.66 Å². The van der Waals surface area contributed by atoms with Crippen molar-refractivity contribution in [2.45, 2.75) is 0 Å². The third-order valence-corrected chi connectivity index (χ3v) is 6.89. The second-order valence-corrected chi connectivity index (χ2v) is 10.2. The number of aromatic nitrogens is 2. The van der Waals surface area contributed by atoms with E-state index >= 15 is 0 Å². The van der Waals surface area contributed by atoms with Crippen LogP contribution in [0.5, 0.6) is 11.5 Å². The first kappa shape index (κ1) is 27.4. The Morgan fingerprint density at radius 2 is 1.77 bits per heavy atom. The molecule has 40 heavy (non-hydrogen) atoms. The number of halogens is 2. The van der Waals surface area contributed by atoms with Gasteiger partial charge < -0.3 is 14.8 Å². The molecule has 0 radical (unpaired) electrons. The lowest BCUT2D eigenvalue weighted by molar-refractivity contribution is -0.118. The normalized spacial score (nSPS) is 11.1. The number of hydrogen-bond donors (Lipinski definition) is 1. The smallest absolute Gasteiger partial charge is 0.282 e. The van der Waals surface area contributed by atoms with E-state index in [1.807, 2.05) is 42.5 Å². The van der Waals surface area contributed by atoms with Crippen molar-refractivity contribution in [2.75, 3.05) is 19.0 Å². The fraction of sp³-hybridized carbons (Fsp3) is 0.0667. The van der Waals surface area contributed by atoms with Gasteiger partial charge in [0.05, 0.1) is 27.8 Å². The Balaban J connectivity index is 1.42. The zero-order valence-electron chi connectivity index (χ0n) is 21.2. The monoisotopic (exact) mass is 664 g/mol. The first-order chi connectivity index (χ1) is 19.4. The van der Waals surface area contributed by atoms with Crippen LogP contribution >= 0.6 is 34.2 Å². The van der Waals surface area contributed by atoms with Gasteiger partial charge >= 0.3 is 0 Å². The summed E-state index contributed by atoms with van der Waals surface area (Å²) in [6, 6.07) is 26.9. The molecule has 0 unspecified atom stereocenters. The summed E-state index contributed by atoms with van der Waals surface area (Å²) in [5.74, 6) is 0.928. The van der Waals surface area contributed by atoms with Gasteiger partial charge in [-0.3, -0.25) is 9.59 Å². The molecule has 8 nitrogen and oxygen atoms in total. The van der Waals surface area contributed by atoms with Crippen LogP contribution in [0.3, 0.4) is 0 Å². The van der Waals surface area contributed by atoms with E-state index in [0.29, 0.717) is 48.1 Å². The number of nitrogens with zero attached hydrogens (tertiary/aromatic N) is 3. The SMILES string of the molecule is COc1cc(C=Nn2c(-c3ccccc3)nc3ccccc3c2=O)cc(I)c1OCC(=O)Nc1ccc(Cl)cc1. The Morgan fingerprint density at radius 3 is 2.52 bits per heavy atom. The lowest BCUT2D eigenvalue weighted by atomic mass is 10.2. The molecule has 0 aliphatic rings. The van der Waals surface area contributed by atoms with E-state index < -0.39 is 0 Å². The largest absolute Gasteiger partial charge is 0.493 e. The minimum atomic E-state index is -0.331. The van der Waals surface area contributed by atoms with Gasteiger partial charge in [0.15, 0.2) is 23.9 Å². The predicted octanol–water partition coefficient (Wildman–Crippen LogP) is 6.23. The van der Waals surface area contributed by atoms with Crippen LogP contribution in [-0.2, 0) is 4.79 Å². The number of amides is 1. The van der Waals surface area contributed by atoms with E-state index in [1.165, 1.54) is 11.8 Å². The number of fused-ring (bicyclic) bond motifs is 1. The van der Waals surface area contributed by atoms with Gasteiger partial charge in [0.1, 0.15) is 0 Å². The molecule has 0 saturated carbocycles. The predicted molar refractivity (Wildman–Crippen MR) is 166 cm³/mol. The maximum Gasteiger partial charge on any atom is 0.282 e. The average Bonchev–Trinajstić information content (AvgIpc) is 2.97. The molecule has 200 valence electrons.